The van der Waals surface area contributed by atoms with Gasteiger partial charge in [-0.05, 0) is 6.42 Å². The van der Waals surface area contributed by atoms with Crippen LogP contribution in [-0.4, -0.2) is 17.7 Å². The Hall–Kier alpha value is -1.79. The molecule has 1 N–H and O–H groups in total. The van der Waals surface area contributed by atoms with Crippen molar-refractivity contribution in [3.63, 3.8) is 0 Å². The predicted octanol–water partition coefficient (Wildman–Crippen LogP) is 4.29. The van der Waals surface area contributed by atoms with E-state index in [-0.39, 0.29) is 6.61 Å². The summed E-state index contributed by atoms with van der Waals surface area (Å²) in [7, 11) is 0. The highest BCUT2D eigenvalue weighted by Gasteiger charge is 2.30. The zero-order valence-corrected chi connectivity index (χ0v) is 11.5. The molecule has 0 amide bonds. The largest absolute Gasteiger partial charge is 0.487 e. The molecule has 0 aliphatic heterocycles. The molecule has 118 valence electrons. The fourth-order valence-corrected chi connectivity index (χ4v) is 1.81. The third kappa shape index (κ3) is 4.09. The van der Waals surface area contributed by atoms with Crippen LogP contribution in [0, 0.1) is 23.3 Å². The van der Waals surface area contributed by atoms with Gasteiger partial charge in [0.25, 0.3) is 0 Å². The molecule has 0 atom stereocenters. The maximum Gasteiger partial charge on any atom is 0.341 e. The van der Waals surface area contributed by atoms with Crippen LogP contribution in [0.5, 0.6) is 5.75 Å². The minimum Gasteiger partial charge on any atom is -0.487 e. The van der Waals surface area contributed by atoms with E-state index in [0.717, 1.165) is 25.7 Å². The van der Waals surface area contributed by atoms with Crippen molar-refractivity contribution in [3.05, 3.63) is 28.8 Å². The lowest BCUT2D eigenvalue weighted by atomic mass is 10.1. The summed E-state index contributed by atoms with van der Waals surface area (Å²) >= 11 is 0. The molecule has 0 aliphatic rings. The minimum atomic E-state index is -2.09. The smallest absolute Gasteiger partial charge is 0.341 e. The second-order valence-corrected chi connectivity index (χ2v) is 4.53. The Balaban J connectivity index is 2.82. The lowest BCUT2D eigenvalue weighted by Gasteiger charge is -2.11. The highest BCUT2D eigenvalue weighted by molar-refractivity contribution is 5.88. The van der Waals surface area contributed by atoms with Crippen LogP contribution < -0.4 is 4.74 Å². The van der Waals surface area contributed by atoms with Crippen LogP contribution >= 0.6 is 0 Å². The molecule has 1 rings (SSSR count). The molecular weight excluding hydrogens is 292 g/mol. The van der Waals surface area contributed by atoms with Gasteiger partial charge in [0.1, 0.15) is 5.56 Å². The molecule has 0 heterocycles. The third-order valence-corrected chi connectivity index (χ3v) is 2.93. The van der Waals surface area contributed by atoms with Gasteiger partial charge >= 0.3 is 5.97 Å². The van der Waals surface area contributed by atoms with Crippen molar-refractivity contribution in [2.45, 2.75) is 39.0 Å². The van der Waals surface area contributed by atoms with Gasteiger partial charge in [0.2, 0.25) is 11.6 Å². The average molecular weight is 308 g/mol. The predicted molar refractivity (Wildman–Crippen MR) is 67.5 cm³/mol. The molecule has 0 fully saturated rings. The van der Waals surface area contributed by atoms with Gasteiger partial charge in [0.15, 0.2) is 17.4 Å². The normalized spacial score (nSPS) is 10.7. The van der Waals surface area contributed by atoms with Crippen LogP contribution in [0.1, 0.15) is 49.4 Å². The maximum atomic E-state index is 13.5. The van der Waals surface area contributed by atoms with Crippen molar-refractivity contribution in [2.75, 3.05) is 6.61 Å². The Morgan fingerprint density at radius 3 is 1.95 bits per heavy atom. The monoisotopic (exact) mass is 308 g/mol. The van der Waals surface area contributed by atoms with Crippen LogP contribution in [0.2, 0.25) is 0 Å². The summed E-state index contributed by atoms with van der Waals surface area (Å²) in [6.07, 6.45) is 4.19. The molecule has 1 aromatic carbocycles. The second-order valence-electron chi connectivity index (χ2n) is 4.53. The summed E-state index contributed by atoms with van der Waals surface area (Å²) < 4.78 is 58.5. The van der Waals surface area contributed by atoms with E-state index >= 15 is 0 Å². The zero-order valence-electron chi connectivity index (χ0n) is 11.5. The van der Waals surface area contributed by atoms with Crippen molar-refractivity contribution in [3.8, 4) is 5.75 Å². The Morgan fingerprint density at radius 1 is 0.952 bits per heavy atom. The van der Waals surface area contributed by atoms with Crippen LogP contribution in [-0.2, 0) is 0 Å². The Kier molecular flexibility index (Phi) is 6.45. The first-order valence-corrected chi connectivity index (χ1v) is 6.63. The Labute approximate surface area is 119 Å². The number of carbonyl (C=O) groups is 1. The summed E-state index contributed by atoms with van der Waals surface area (Å²) in [6.45, 7) is 1.92. The highest BCUT2D eigenvalue weighted by Crippen LogP contribution is 2.30. The lowest BCUT2D eigenvalue weighted by Crippen LogP contribution is -2.12. The molecule has 0 radical (unpaired) electrons. The SMILES string of the molecule is CCCCCCCOc1c(F)c(F)c(C(=O)O)c(F)c1F. The maximum absolute atomic E-state index is 13.5. The van der Waals surface area contributed by atoms with Crippen LogP contribution in [0.4, 0.5) is 17.6 Å². The summed E-state index contributed by atoms with van der Waals surface area (Å²) in [5.74, 6) is -10.9. The zero-order chi connectivity index (χ0) is 16.0. The quantitative estimate of drug-likeness (QED) is 0.443. The molecule has 3 nitrogen and oxygen atoms in total. The summed E-state index contributed by atoms with van der Waals surface area (Å²) in [4.78, 5) is 10.6. The summed E-state index contributed by atoms with van der Waals surface area (Å²) in [6, 6.07) is 0. The van der Waals surface area contributed by atoms with E-state index in [4.69, 9.17) is 9.84 Å². The van der Waals surface area contributed by atoms with Gasteiger partial charge in [-0.15, -0.1) is 0 Å². The van der Waals surface area contributed by atoms with Crippen molar-refractivity contribution in [1.82, 2.24) is 0 Å². The summed E-state index contributed by atoms with van der Waals surface area (Å²) in [5.41, 5.74) is -1.67. The number of carboxylic acids is 1. The molecule has 21 heavy (non-hydrogen) atoms. The lowest BCUT2D eigenvalue weighted by molar-refractivity contribution is 0.0682. The van der Waals surface area contributed by atoms with E-state index in [9.17, 15) is 22.4 Å². The van der Waals surface area contributed by atoms with E-state index in [1.165, 1.54) is 0 Å². The molecule has 0 saturated carbocycles. The molecule has 7 heteroatoms. The molecule has 0 unspecified atom stereocenters. The van der Waals surface area contributed by atoms with Gasteiger partial charge < -0.3 is 9.84 Å². The molecule has 0 aliphatic carbocycles. The molecule has 0 saturated heterocycles. The van der Waals surface area contributed by atoms with Gasteiger partial charge in [0, 0.05) is 0 Å². The number of ether oxygens (including phenoxy) is 1. The van der Waals surface area contributed by atoms with E-state index in [0.29, 0.717) is 6.42 Å². The molecule has 0 aromatic heterocycles. The topological polar surface area (TPSA) is 46.5 Å². The van der Waals surface area contributed by atoms with Gasteiger partial charge in [-0.25, -0.2) is 13.6 Å². The highest BCUT2D eigenvalue weighted by atomic mass is 19.2. The fourth-order valence-electron chi connectivity index (χ4n) is 1.81. The average Bonchev–Trinajstić information content (AvgIpc) is 2.43. The molecule has 0 bridgehead atoms. The van der Waals surface area contributed by atoms with Crippen LogP contribution in [0.3, 0.4) is 0 Å². The van der Waals surface area contributed by atoms with E-state index in [2.05, 4.69) is 0 Å². The van der Waals surface area contributed by atoms with Crippen molar-refractivity contribution in [2.24, 2.45) is 0 Å². The number of aromatic carboxylic acids is 1. The molecule has 1 aromatic rings. The number of rotatable bonds is 8. The minimum absolute atomic E-state index is 0.108. The first-order chi connectivity index (χ1) is 9.91. The third-order valence-electron chi connectivity index (χ3n) is 2.93. The van der Waals surface area contributed by atoms with E-state index in [1.807, 2.05) is 6.92 Å². The van der Waals surface area contributed by atoms with Crippen molar-refractivity contribution < 1.29 is 32.2 Å². The number of hydrogen-bond acceptors (Lipinski definition) is 2. The van der Waals surface area contributed by atoms with Crippen LogP contribution in [0.15, 0.2) is 0 Å². The standard InChI is InChI=1S/C14H16F4O3/c1-2-3-4-5-6-7-21-13-11(17)9(15)8(14(19)20)10(16)12(13)18/h2-7H2,1H3,(H,19,20). The van der Waals surface area contributed by atoms with Gasteiger partial charge in [0.05, 0.1) is 6.61 Å². The fraction of sp³-hybridized carbons (Fsp3) is 0.500. The van der Waals surface area contributed by atoms with Crippen molar-refractivity contribution >= 4 is 5.97 Å². The van der Waals surface area contributed by atoms with E-state index < -0.39 is 40.6 Å². The van der Waals surface area contributed by atoms with Crippen LogP contribution in [0.25, 0.3) is 0 Å². The number of carboxylic acid groups (broad SMARTS) is 1. The molecule has 0 spiro atoms. The number of unbranched alkanes of at least 4 members (excludes halogenated alkanes) is 4. The van der Waals surface area contributed by atoms with Gasteiger partial charge in [-0.3, -0.25) is 0 Å². The van der Waals surface area contributed by atoms with Crippen molar-refractivity contribution in [1.29, 1.82) is 0 Å². The second kappa shape index (κ2) is 7.85. The first-order valence-electron chi connectivity index (χ1n) is 6.63. The van der Waals surface area contributed by atoms with Gasteiger partial charge in [-0.2, -0.15) is 8.78 Å². The Bertz CT molecular complexity index is 488. The molecular formula is C14H16F4O3. The number of benzene rings is 1. The first kappa shape index (κ1) is 17.3. The number of halogens is 4. The van der Waals surface area contributed by atoms with E-state index in [1.54, 1.807) is 0 Å². The number of hydrogen-bond donors (Lipinski definition) is 1. The summed E-state index contributed by atoms with van der Waals surface area (Å²) in [5, 5.41) is 8.53. The Morgan fingerprint density at radius 2 is 1.48 bits per heavy atom. The van der Waals surface area contributed by atoms with Gasteiger partial charge in [-0.1, -0.05) is 32.6 Å².